The SMILES string of the molecule is Cc1cnc(C)c(N2CCC(N(C)CCO)CC2)n1. The Labute approximate surface area is 115 Å². The molecule has 1 saturated heterocycles. The van der Waals surface area contributed by atoms with Crippen molar-refractivity contribution in [2.75, 3.05) is 38.2 Å². The first-order valence-corrected chi connectivity index (χ1v) is 6.98. The minimum absolute atomic E-state index is 0.235. The summed E-state index contributed by atoms with van der Waals surface area (Å²) in [6.45, 7) is 7.02. The topological polar surface area (TPSA) is 52.5 Å². The van der Waals surface area contributed by atoms with Crippen LogP contribution in [-0.4, -0.2) is 59.3 Å². The number of aryl methyl sites for hydroxylation is 2. The fourth-order valence-corrected chi connectivity index (χ4v) is 2.68. The number of anilines is 1. The molecule has 0 bridgehead atoms. The number of rotatable bonds is 4. The predicted octanol–water partition coefficient (Wildman–Crippen LogP) is 0.986. The van der Waals surface area contributed by atoms with E-state index < -0.39 is 0 Å². The van der Waals surface area contributed by atoms with Gasteiger partial charge in [-0.15, -0.1) is 0 Å². The molecule has 0 unspecified atom stereocenters. The Morgan fingerprint density at radius 3 is 2.68 bits per heavy atom. The van der Waals surface area contributed by atoms with Crippen LogP contribution < -0.4 is 4.90 Å². The van der Waals surface area contributed by atoms with Crippen molar-refractivity contribution in [3.63, 3.8) is 0 Å². The number of piperidine rings is 1. The van der Waals surface area contributed by atoms with E-state index in [1.54, 1.807) is 0 Å². The van der Waals surface area contributed by atoms with Gasteiger partial charge in [-0.3, -0.25) is 4.98 Å². The maximum Gasteiger partial charge on any atom is 0.150 e. The van der Waals surface area contributed by atoms with Gasteiger partial charge in [0, 0.05) is 31.9 Å². The summed E-state index contributed by atoms with van der Waals surface area (Å²) < 4.78 is 0. The summed E-state index contributed by atoms with van der Waals surface area (Å²) >= 11 is 0. The summed E-state index contributed by atoms with van der Waals surface area (Å²) in [6, 6.07) is 0.571. The highest BCUT2D eigenvalue weighted by molar-refractivity contribution is 5.43. The number of likely N-dealkylation sites (N-methyl/N-ethyl adjacent to an activating group) is 1. The number of hydrogen-bond acceptors (Lipinski definition) is 5. The molecule has 0 radical (unpaired) electrons. The van der Waals surface area contributed by atoms with Crippen molar-refractivity contribution in [2.45, 2.75) is 32.7 Å². The molecule has 2 heterocycles. The van der Waals surface area contributed by atoms with Gasteiger partial charge in [0.05, 0.1) is 18.0 Å². The molecule has 1 fully saturated rings. The normalized spacial score (nSPS) is 17.2. The van der Waals surface area contributed by atoms with Gasteiger partial charge in [0.2, 0.25) is 0 Å². The predicted molar refractivity (Wildman–Crippen MR) is 76.5 cm³/mol. The van der Waals surface area contributed by atoms with E-state index in [1.807, 2.05) is 20.0 Å². The van der Waals surface area contributed by atoms with Crippen molar-refractivity contribution in [3.05, 3.63) is 17.6 Å². The lowest BCUT2D eigenvalue weighted by Gasteiger charge is -2.37. The molecule has 0 atom stereocenters. The van der Waals surface area contributed by atoms with Crippen molar-refractivity contribution >= 4 is 5.82 Å². The number of aromatic nitrogens is 2. The Morgan fingerprint density at radius 2 is 2.05 bits per heavy atom. The van der Waals surface area contributed by atoms with Crippen molar-refractivity contribution in [1.82, 2.24) is 14.9 Å². The lowest BCUT2D eigenvalue weighted by Crippen LogP contribution is -2.44. The average Bonchev–Trinajstić information content (AvgIpc) is 2.42. The number of aliphatic hydroxyl groups excluding tert-OH is 1. The molecular weight excluding hydrogens is 240 g/mol. The van der Waals surface area contributed by atoms with Crippen LogP contribution in [0.5, 0.6) is 0 Å². The molecule has 1 aliphatic heterocycles. The second-order valence-electron chi connectivity index (χ2n) is 5.34. The molecule has 2 rings (SSSR count). The van der Waals surface area contributed by atoms with Gasteiger partial charge in [-0.25, -0.2) is 4.98 Å². The van der Waals surface area contributed by atoms with Gasteiger partial charge in [0.1, 0.15) is 5.82 Å². The van der Waals surface area contributed by atoms with Crippen LogP contribution in [0.2, 0.25) is 0 Å². The zero-order valence-electron chi connectivity index (χ0n) is 12.1. The Morgan fingerprint density at radius 1 is 1.37 bits per heavy atom. The van der Waals surface area contributed by atoms with Gasteiger partial charge in [-0.2, -0.15) is 0 Å². The summed E-state index contributed by atoms with van der Waals surface area (Å²) in [6.07, 6.45) is 4.05. The largest absolute Gasteiger partial charge is 0.395 e. The van der Waals surface area contributed by atoms with E-state index >= 15 is 0 Å². The molecule has 0 saturated carbocycles. The molecule has 19 heavy (non-hydrogen) atoms. The molecule has 1 aliphatic rings. The first kappa shape index (κ1) is 14.2. The van der Waals surface area contributed by atoms with Gasteiger partial charge in [0.25, 0.3) is 0 Å². The highest BCUT2D eigenvalue weighted by Crippen LogP contribution is 2.22. The van der Waals surface area contributed by atoms with Crippen LogP contribution in [0.1, 0.15) is 24.2 Å². The number of nitrogens with zero attached hydrogens (tertiary/aromatic N) is 4. The van der Waals surface area contributed by atoms with Gasteiger partial charge >= 0.3 is 0 Å². The molecule has 5 heteroatoms. The molecular formula is C14H24N4O. The maximum absolute atomic E-state index is 8.99. The number of aliphatic hydroxyl groups is 1. The lowest BCUT2D eigenvalue weighted by molar-refractivity contribution is 0.161. The Bertz CT molecular complexity index is 416. The van der Waals surface area contributed by atoms with Gasteiger partial charge in [-0.05, 0) is 33.7 Å². The van der Waals surface area contributed by atoms with E-state index in [-0.39, 0.29) is 6.61 Å². The highest BCUT2D eigenvalue weighted by atomic mass is 16.3. The average molecular weight is 264 g/mol. The number of hydrogen-bond donors (Lipinski definition) is 1. The Hall–Kier alpha value is -1.20. The zero-order valence-corrected chi connectivity index (χ0v) is 12.1. The fourth-order valence-electron chi connectivity index (χ4n) is 2.68. The van der Waals surface area contributed by atoms with Crippen molar-refractivity contribution in [2.24, 2.45) is 0 Å². The maximum atomic E-state index is 8.99. The Balaban J connectivity index is 1.98. The van der Waals surface area contributed by atoms with Crippen molar-refractivity contribution in [1.29, 1.82) is 0 Å². The first-order chi connectivity index (χ1) is 9.11. The summed E-state index contributed by atoms with van der Waals surface area (Å²) in [7, 11) is 2.09. The summed E-state index contributed by atoms with van der Waals surface area (Å²) in [5.74, 6) is 1.03. The highest BCUT2D eigenvalue weighted by Gasteiger charge is 2.23. The van der Waals surface area contributed by atoms with E-state index in [9.17, 15) is 0 Å². The second kappa shape index (κ2) is 6.30. The standard InChI is InChI=1S/C14H24N4O/c1-11-10-15-12(2)14(16-11)18-6-4-13(5-7-18)17(3)8-9-19/h10,13,19H,4-9H2,1-3H3. The molecule has 1 aromatic heterocycles. The minimum Gasteiger partial charge on any atom is -0.395 e. The first-order valence-electron chi connectivity index (χ1n) is 6.98. The molecule has 0 aliphatic carbocycles. The van der Waals surface area contributed by atoms with Crippen LogP contribution in [0.15, 0.2) is 6.20 Å². The van der Waals surface area contributed by atoms with Gasteiger partial charge < -0.3 is 14.9 Å². The van der Waals surface area contributed by atoms with Crippen LogP contribution in [0, 0.1) is 13.8 Å². The molecule has 1 N–H and O–H groups in total. The molecule has 1 aromatic rings. The third-order valence-electron chi connectivity index (χ3n) is 3.89. The third-order valence-corrected chi connectivity index (χ3v) is 3.89. The lowest BCUT2D eigenvalue weighted by atomic mass is 10.0. The van der Waals surface area contributed by atoms with E-state index in [4.69, 9.17) is 5.11 Å². The molecule has 0 aromatic carbocycles. The third kappa shape index (κ3) is 3.42. The Kier molecular flexibility index (Phi) is 4.71. The second-order valence-corrected chi connectivity index (χ2v) is 5.34. The van der Waals surface area contributed by atoms with Crippen molar-refractivity contribution in [3.8, 4) is 0 Å². The van der Waals surface area contributed by atoms with Crippen LogP contribution in [-0.2, 0) is 0 Å². The minimum atomic E-state index is 0.235. The molecule has 106 valence electrons. The summed E-state index contributed by atoms with van der Waals surface area (Å²) in [4.78, 5) is 13.6. The quantitative estimate of drug-likeness (QED) is 0.879. The van der Waals surface area contributed by atoms with Gasteiger partial charge in [-0.1, -0.05) is 0 Å². The van der Waals surface area contributed by atoms with E-state index in [2.05, 4.69) is 26.8 Å². The smallest absolute Gasteiger partial charge is 0.150 e. The van der Waals surface area contributed by atoms with Gasteiger partial charge in [0.15, 0.2) is 0 Å². The van der Waals surface area contributed by atoms with Crippen LogP contribution in [0.25, 0.3) is 0 Å². The summed E-state index contributed by atoms with van der Waals surface area (Å²) in [5, 5.41) is 8.99. The van der Waals surface area contributed by atoms with E-state index in [1.165, 1.54) is 0 Å². The molecule has 0 amide bonds. The van der Waals surface area contributed by atoms with Crippen molar-refractivity contribution < 1.29 is 5.11 Å². The fraction of sp³-hybridized carbons (Fsp3) is 0.714. The molecule has 5 nitrogen and oxygen atoms in total. The zero-order chi connectivity index (χ0) is 13.8. The van der Waals surface area contributed by atoms with E-state index in [0.29, 0.717) is 6.04 Å². The van der Waals surface area contributed by atoms with E-state index in [0.717, 1.165) is 49.7 Å². The van der Waals surface area contributed by atoms with Crippen LogP contribution in [0.4, 0.5) is 5.82 Å². The van der Waals surface area contributed by atoms with Crippen LogP contribution >= 0.6 is 0 Å². The van der Waals surface area contributed by atoms with Crippen LogP contribution in [0.3, 0.4) is 0 Å². The molecule has 0 spiro atoms. The summed E-state index contributed by atoms with van der Waals surface area (Å²) in [5.41, 5.74) is 1.98. The monoisotopic (exact) mass is 264 g/mol.